The van der Waals surface area contributed by atoms with Crippen molar-refractivity contribution >= 4 is 51.3 Å². The Labute approximate surface area is 163 Å². The Morgan fingerprint density at radius 1 is 1.26 bits per heavy atom. The van der Waals surface area contributed by atoms with Crippen LogP contribution in [-0.4, -0.2) is 30.5 Å². The maximum Gasteiger partial charge on any atom is 0.233 e. The van der Waals surface area contributed by atoms with Gasteiger partial charge in [-0.15, -0.1) is 10.2 Å². The Kier molecular flexibility index (Phi) is 4.99. The number of amides is 1. The summed E-state index contributed by atoms with van der Waals surface area (Å²) in [5.41, 5.74) is 2.50. The van der Waals surface area contributed by atoms with Gasteiger partial charge in [-0.2, -0.15) is 0 Å². The highest BCUT2D eigenvalue weighted by Crippen LogP contribution is 2.30. The maximum atomic E-state index is 11.2. The average molecular weight is 397 g/mol. The summed E-state index contributed by atoms with van der Waals surface area (Å²) in [5, 5.41) is 15.0. The molecule has 0 saturated heterocycles. The van der Waals surface area contributed by atoms with E-state index in [1.54, 1.807) is 18.0 Å². The Morgan fingerprint density at radius 2 is 2.15 bits per heavy atom. The van der Waals surface area contributed by atoms with E-state index < -0.39 is 0 Å². The van der Waals surface area contributed by atoms with Crippen molar-refractivity contribution in [3.05, 3.63) is 54.6 Å². The lowest BCUT2D eigenvalue weighted by Gasteiger charge is -2.05. The van der Waals surface area contributed by atoms with Crippen molar-refractivity contribution in [2.45, 2.75) is 17.0 Å². The van der Waals surface area contributed by atoms with E-state index in [0.29, 0.717) is 16.7 Å². The van der Waals surface area contributed by atoms with E-state index in [1.165, 1.54) is 18.3 Å². The zero-order valence-corrected chi connectivity index (χ0v) is 15.9. The van der Waals surface area contributed by atoms with Gasteiger partial charge in [0.25, 0.3) is 0 Å². The lowest BCUT2D eigenvalue weighted by atomic mass is 10.3. The summed E-state index contributed by atoms with van der Waals surface area (Å²) in [4.78, 5) is 19.9. The SMILES string of the molecule is CC(=O)Nc1cccc(Nc2nnc(SCc3cn4cccnc4n3)s2)c1. The minimum atomic E-state index is -0.108. The van der Waals surface area contributed by atoms with Crippen LogP contribution >= 0.6 is 23.1 Å². The molecule has 3 heterocycles. The number of carbonyl (C=O) groups is 1. The molecule has 4 aromatic rings. The molecule has 0 saturated carbocycles. The van der Waals surface area contributed by atoms with E-state index in [4.69, 9.17) is 0 Å². The highest BCUT2D eigenvalue weighted by Gasteiger charge is 2.08. The molecule has 0 aliphatic heterocycles. The summed E-state index contributed by atoms with van der Waals surface area (Å²) in [6, 6.07) is 9.32. The van der Waals surface area contributed by atoms with Crippen LogP contribution in [0.1, 0.15) is 12.6 Å². The van der Waals surface area contributed by atoms with Gasteiger partial charge in [0.2, 0.25) is 16.8 Å². The van der Waals surface area contributed by atoms with Crippen molar-refractivity contribution in [3.63, 3.8) is 0 Å². The molecule has 8 nitrogen and oxygen atoms in total. The Hall–Kier alpha value is -2.98. The smallest absolute Gasteiger partial charge is 0.233 e. The third-order valence-electron chi connectivity index (χ3n) is 3.47. The molecular weight excluding hydrogens is 382 g/mol. The fourth-order valence-corrected chi connectivity index (χ4v) is 4.06. The number of hydrogen-bond donors (Lipinski definition) is 2. The number of nitrogens with one attached hydrogen (secondary N) is 2. The first kappa shape index (κ1) is 17.4. The molecular formula is C17H15N7OS2. The monoisotopic (exact) mass is 397 g/mol. The van der Waals surface area contributed by atoms with Gasteiger partial charge >= 0.3 is 0 Å². The van der Waals surface area contributed by atoms with Gasteiger partial charge in [0.05, 0.1) is 5.69 Å². The lowest BCUT2D eigenvalue weighted by Crippen LogP contribution is -2.05. The normalized spacial score (nSPS) is 10.9. The third-order valence-corrected chi connectivity index (χ3v) is 5.48. The quantitative estimate of drug-likeness (QED) is 0.480. The van der Waals surface area contributed by atoms with E-state index >= 15 is 0 Å². The maximum absolute atomic E-state index is 11.2. The molecule has 1 amide bonds. The van der Waals surface area contributed by atoms with Crippen LogP contribution in [0.5, 0.6) is 0 Å². The van der Waals surface area contributed by atoms with Gasteiger partial charge in [0.1, 0.15) is 0 Å². The number of anilines is 3. The van der Waals surface area contributed by atoms with Crippen LogP contribution in [0.15, 0.2) is 53.3 Å². The molecule has 4 rings (SSSR count). The summed E-state index contributed by atoms with van der Waals surface area (Å²) in [6.45, 7) is 1.48. The van der Waals surface area contributed by atoms with Crippen LogP contribution in [0.3, 0.4) is 0 Å². The standard InChI is InChI=1S/C17H15N7OS2/c1-11(25)19-12-4-2-5-13(8-12)21-16-22-23-17(27-16)26-10-14-9-24-7-3-6-18-15(24)20-14/h2-9H,10H2,1H3,(H,19,25)(H,21,22). The van der Waals surface area contributed by atoms with Crippen molar-refractivity contribution < 1.29 is 4.79 Å². The lowest BCUT2D eigenvalue weighted by molar-refractivity contribution is -0.114. The highest BCUT2D eigenvalue weighted by molar-refractivity contribution is 8.00. The molecule has 0 aliphatic rings. The number of imidazole rings is 1. The van der Waals surface area contributed by atoms with Crippen LogP contribution in [0, 0.1) is 0 Å². The van der Waals surface area contributed by atoms with E-state index in [2.05, 4.69) is 30.8 Å². The Balaban J connectivity index is 1.39. The summed E-state index contributed by atoms with van der Waals surface area (Å²) in [7, 11) is 0. The molecule has 0 spiro atoms. The van der Waals surface area contributed by atoms with Crippen LogP contribution in [0.25, 0.3) is 5.78 Å². The van der Waals surface area contributed by atoms with Crippen molar-refractivity contribution in [3.8, 4) is 0 Å². The molecule has 0 bridgehead atoms. The van der Waals surface area contributed by atoms with Gasteiger partial charge < -0.3 is 10.6 Å². The molecule has 0 aliphatic carbocycles. The first-order valence-electron chi connectivity index (χ1n) is 8.05. The van der Waals surface area contributed by atoms with Crippen LogP contribution < -0.4 is 10.6 Å². The van der Waals surface area contributed by atoms with Crippen LogP contribution in [-0.2, 0) is 10.5 Å². The molecule has 136 valence electrons. The molecule has 2 N–H and O–H groups in total. The van der Waals surface area contributed by atoms with Crippen molar-refractivity contribution in [1.82, 2.24) is 24.6 Å². The molecule has 0 atom stereocenters. The number of thioether (sulfide) groups is 1. The number of benzene rings is 1. The largest absolute Gasteiger partial charge is 0.330 e. The van der Waals surface area contributed by atoms with Gasteiger partial charge in [-0.05, 0) is 24.3 Å². The average Bonchev–Trinajstić information content (AvgIpc) is 3.25. The summed E-state index contributed by atoms with van der Waals surface area (Å²) in [5.74, 6) is 1.27. The van der Waals surface area contributed by atoms with Crippen molar-refractivity contribution in [1.29, 1.82) is 0 Å². The summed E-state index contributed by atoms with van der Waals surface area (Å²) < 4.78 is 2.74. The molecule has 1 aromatic carbocycles. The first-order chi connectivity index (χ1) is 13.2. The molecule has 10 heteroatoms. The topological polar surface area (TPSA) is 97.1 Å². The number of nitrogens with zero attached hydrogens (tertiary/aromatic N) is 5. The Morgan fingerprint density at radius 3 is 3.00 bits per heavy atom. The van der Waals surface area contributed by atoms with E-state index in [9.17, 15) is 4.79 Å². The van der Waals surface area contributed by atoms with E-state index in [1.807, 2.05) is 47.1 Å². The molecule has 0 radical (unpaired) electrons. The molecule has 0 fully saturated rings. The second-order valence-corrected chi connectivity index (χ2v) is 7.81. The fourth-order valence-electron chi connectivity index (χ4n) is 2.40. The number of rotatable bonds is 6. The first-order valence-corrected chi connectivity index (χ1v) is 9.85. The number of fused-ring (bicyclic) bond motifs is 1. The van der Waals surface area contributed by atoms with Crippen LogP contribution in [0.4, 0.5) is 16.5 Å². The van der Waals surface area contributed by atoms with E-state index in [-0.39, 0.29) is 5.91 Å². The van der Waals surface area contributed by atoms with Gasteiger partial charge in [0, 0.05) is 42.6 Å². The zero-order chi connectivity index (χ0) is 18.6. The predicted molar refractivity (Wildman–Crippen MR) is 106 cm³/mol. The second kappa shape index (κ2) is 7.72. The molecule has 3 aromatic heterocycles. The summed E-state index contributed by atoms with van der Waals surface area (Å²) in [6.07, 6.45) is 5.61. The zero-order valence-electron chi connectivity index (χ0n) is 14.3. The molecule has 27 heavy (non-hydrogen) atoms. The van der Waals surface area contributed by atoms with Gasteiger partial charge in [-0.3, -0.25) is 9.20 Å². The third kappa shape index (κ3) is 4.41. The van der Waals surface area contributed by atoms with Crippen LogP contribution in [0.2, 0.25) is 0 Å². The highest BCUT2D eigenvalue weighted by atomic mass is 32.2. The van der Waals surface area contributed by atoms with E-state index in [0.717, 1.165) is 21.4 Å². The second-order valence-electron chi connectivity index (χ2n) is 5.61. The predicted octanol–water partition coefficient (Wildman–Crippen LogP) is 3.58. The Bertz CT molecular complexity index is 1060. The number of hydrogen-bond acceptors (Lipinski definition) is 8. The minimum Gasteiger partial charge on any atom is -0.330 e. The van der Waals surface area contributed by atoms with Crippen molar-refractivity contribution in [2.24, 2.45) is 0 Å². The van der Waals surface area contributed by atoms with Crippen molar-refractivity contribution in [2.75, 3.05) is 10.6 Å². The van der Waals surface area contributed by atoms with Gasteiger partial charge in [0.15, 0.2) is 4.34 Å². The molecule has 0 unspecified atom stereocenters. The van der Waals surface area contributed by atoms with Gasteiger partial charge in [-0.25, -0.2) is 9.97 Å². The summed E-state index contributed by atoms with van der Waals surface area (Å²) >= 11 is 3.04. The minimum absolute atomic E-state index is 0.108. The number of aromatic nitrogens is 5. The van der Waals surface area contributed by atoms with Gasteiger partial charge in [-0.1, -0.05) is 29.2 Å². The number of carbonyl (C=O) groups excluding carboxylic acids is 1. The fraction of sp³-hybridized carbons (Fsp3) is 0.118.